The molecule has 124 valence electrons. The second-order valence-corrected chi connectivity index (χ2v) is 6.80. The van der Waals surface area contributed by atoms with Gasteiger partial charge < -0.3 is 10.6 Å². The molecule has 0 unspecified atom stereocenters. The van der Waals surface area contributed by atoms with Crippen molar-refractivity contribution in [3.8, 4) is 0 Å². The minimum absolute atomic E-state index is 0.0465. The van der Waals surface area contributed by atoms with Crippen LogP contribution in [-0.2, 0) is 11.2 Å². The molecule has 0 radical (unpaired) electrons. The highest BCUT2D eigenvalue weighted by molar-refractivity contribution is 7.18. The fourth-order valence-corrected chi connectivity index (χ4v) is 3.34. The number of anilines is 1. The number of aromatic nitrogens is 2. The summed E-state index contributed by atoms with van der Waals surface area (Å²) in [4.78, 5) is 22.6. The molecule has 2 N–H and O–H groups in total. The third-order valence-electron chi connectivity index (χ3n) is 3.68. The van der Waals surface area contributed by atoms with Crippen LogP contribution < -0.4 is 10.6 Å². The number of carbonyl (C=O) groups excluding carboxylic acids is 1. The van der Waals surface area contributed by atoms with E-state index < -0.39 is 0 Å². The zero-order chi connectivity index (χ0) is 16.8. The maximum atomic E-state index is 11.9. The minimum Gasteiger partial charge on any atom is -0.369 e. The third kappa shape index (κ3) is 4.29. The van der Waals surface area contributed by atoms with E-state index in [1.54, 1.807) is 17.7 Å². The Kier molecular flexibility index (Phi) is 5.38. The number of fused-ring (bicyclic) bond motifs is 1. The van der Waals surface area contributed by atoms with Gasteiger partial charge in [0.2, 0.25) is 5.91 Å². The maximum absolute atomic E-state index is 11.9. The van der Waals surface area contributed by atoms with E-state index in [9.17, 15) is 4.79 Å². The van der Waals surface area contributed by atoms with Crippen LogP contribution in [0.25, 0.3) is 10.2 Å². The van der Waals surface area contributed by atoms with Crippen LogP contribution in [0.15, 0.2) is 42.7 Å². The van der Waals surface area contributed by atoms with E-state index >= 15 is 0 Å². The summed E-state index contributed by atoms with van der Waals surface area (Å²) in [5.41, 5.74) is 1.23. The number of hydrogen-bond donors (Lipinski definition) is 2. The van der Waals surface area contributed by atoms with Gasteiger partial charge in [0.25, 0.3) is 0 Å². The maximum Gasteiger partial charge on any atom is 0.221 e. The van der Waals surface area contributed by atoms with Gasteiger partial charge in [-0.3, -0.25) is 4.79 Å². The summed E-state index contributed by atoms with van der Waals surface area (Å²) < 4.78 is 0. The van der Waals surface area contributed by atoms with Crippen molar-refractivity contribution in [2.75, 3.05) is 18.4 Å². The first-order valence-electron chi connectivity index (χ1n) is 7.98. The molecule has 5 nitrogen and oxygen atoms in total. The molecular formula is C18H20N4OS. The van der Waals surface area contributed by atoms with Gasteiger partial charge in [-0.05, 0) is 25.0 Å². The van der Waals surface area contributed by atoms with Gasteiger partial charge in [-0.25, -0.2) is 9.97 Å². The Bertz CT molecular complexity index is 816. The highest BCUT2D eigenvalue weighted by atomic mass is 32.1. The first-order valence-corrected chi connectivity index (χ1v) is 8.79. The number of rotatable bonds is 7. The zero-order valence-corrected chi connectivity index (χ0v) is 14.4. The topological polar surface area (TPSA) is 66.9 Å². The average Bonchev–Trinajstić information content (AvgIpc) is 2.97. The minimum atomic E-state index is 0.0465. The standard InChI is InChI=1S/C18H20N4OS/c1-13-11-15-17(21-12-22-18(15)24-13)20-10-8-16(23)19-9-7-14-5-3-2-4-6-14/h2-6,11-12H,7-10H2,1H3,(H,19,23)(H,20,21,22). The molecule has 0 aliphatic heterocycles. The second kappa shape index (κ2) is 7.88. The molecule has 2 heterocycles. The van der Waals surface area contributed by atoms with E-state index in [2.05, 4.69) is 45.7 Å². The predicted molar refractivity (Wildman–Crippen MR) is 98.4 cm³/mol. The molecule has 2 aromatic heterocycles. The van der Waals surface area contributed by atoms with Gasteiger partial charge in [0.05, 0.1) is 5.39 Å². The Morgan fingerprint density at radius 3 is 2.83 bits per heavy atom. The molecule has 1 aromatic carbocycles. The molecule has 0 bridgehead atoms. The van der Waals surface area contributed by atoms with Crippen molar-refractivity contribution < 1.29 is 4.79 Å². The lowest BCUT2D eigenvalue weighted by atomic mass is 10.1. The summed E-state index contributed by atoms with van der Waals surface area (Å²) in [7, 11) is 0. The largest absolute Gasteiger partial charge is 0.369 e. The number of thiophene rings is 1. The van der Waals surface area contributed by atoms with Crippen molar-refractivity contribution in [3.63, 3.8) is 0 Å². The van der Waals surface area contributed by atoms with Crippen LogP contribution in [-0.4, -0.2) is 29.0 Å². The molecular weight excluding hydrogens is 320 g/mol. The van der Waals surface area contributed by atoms with Gasteiger partial charge in [0, 0.05) is 24.4 Å². The van der Waals surface area contributed by atoms with Gasteiger partial charge in [-0.2, -0.15) is 0 Å². The number of nitrogens with one attached hydrogen (secondary N) is 2. The molecule has 0 saturated carbocycles. The van der Waals surface area contributed by atoms with Crippen LogP contribution in [0, 0.1) is 6.92 Å². The lowest BCUT2D eigenvalue weighted by Gasteiger charge is -2.07. The fraction of sp³-hybridized carbons (Fsp3) is 0.278. The normalized spacial score (nSPS) is 10.7. The summed E-state index contributed by atoms with van der Waals surface area (Å²) in [6.07, 6.45) is 2.82. The molecule has 0 aliphatic carbocycles. The number of nitrogens with zero attached hydrogens (tertiary/aromatic N) is 2. The van der Waals surface area contributed by atoms with Crippen LogP contribution in [0.1, 0.15) is 16.9 Å². The summed E-state index contributed by atoms with van der Waals surface area (Å²) in [6.45, 7) is 3.26. The smallest absolute Gasteiger partial charge is 0.221 e. The number of hydrogen-bond acceptors (Lipinski definition) is 5. The number of benzene rings is 1. The average molecular weight is 340 g/mol. The van der Waals surface area contributed by atoms with Gasteiger partial charge in [-0.15, -0.1) is 11.3 Å². The van der Waals surface area contributed by atoms with E-state index in [0.717, 1.165) is 22.5 Å². The Labute approximate surface area is 145 Å². The molecule has 0 spiro atoms. The summed E-state index contributed by atoms with van der Waals surface area (Å²) in [6, 6.07) is 12.2. The highest BCUT2D eigenvalue weighted by Crippen LogP contribution is 2.27. The Morgan fingerprint density at radius 1 is 1.17 bits per heavy atom. The Hall–Kier alpha value is -2.47. The molecule has 24 heavy (non-hydrogen) atoms. The van der Waals surface area contributed by atoms with Gasteiger partial charge in [0.15, 0.2) is 0 Å². The van der Waals surface area contributed by atoms with Crippen molar-refractivity contribution in [2.45, 2.75) is 19.8 Å². The fourth-order valence-electron chi connectivity index (χ4n) is 2.49. The molecule has 0 aliphatic rings. The van der Waals surface area contributed by atoms with E-state index in [1.807, 2.05) is 18.2 Å². The van der Waals surface area contributed by atoms with Gasteiger partial charge in [-0.1, -0.05) is 30.3 Å². The van der Waals surface area contributed by atoms with Crippen molar-refractivity contribution in [1.82, 2.24) is 15.3 Å². The van der Waals surface area contributed by atoms with Crippen LogP contribution in [0.5, 0.6) is 0 Å². The summed E-state index contributed by atoms with van der Waals surface area (Å²) in [5, 5.41) is 7.20. The number of amides is 1. The van der Waals surface area contributed by atoms with Gasteiger partial charge >= 0.3 is 0 Å². The second-order valence-electron chi connectivity index (χ2n) is 5.56. The molecule has 3 rings (SSSR count). The molecule has 0 fully saturated rings. The van der Waals surface area contributed by atoms with Crippen molar-refractivity contribution >= 4 is 33.3 Å². The van der Waals surface area contributed by atoms with Crippen LogP contribution >= 0.6 is 11.3 Å². The highest BCUT2D eigenvalue weighted by Gasteiger charge is 2.07. The van der Waals surface area contributed by atoms with Crippen LogP contribution in [0.4, 0.5) is 5.82 Å². The van der Waals surface area contributed by atoms with Crippen molar-refractivity contribution in [2.24, 2.45) is 0 Å². The number of carbonyl (C=O) groups is 1. The molecule has 6 heteroatoms. The van der Waals surface area contributed by atoms with Crippen LogP contribution in [0.3, 0.4) is 0 Å². The lowest BCUT2D eigenvalue weighted by molar-refractivity contribution is -0.120. The molecule has 3 aromatic rings. The Balaban J connectivity index is 1.43. The Morgan fingerprint density at radius 2 is 2.00 bits per heavy atom. The quantitative estimate of drug-likeness (QED) is 0.693. The SMILES string of the molecule is Cc1cc2c(NCCC(=O)NCCc3ccccc3)ncnc2s1. The summed E-state index contributed by atoms with van der Waals surface area (Å²) >= 11 is 1.64. The van der Waals surface area contributed by atoms with E-state index in [-0.39, 0.29) is 5.91 Å². The van der Waals surface area contributed by atoms with Gasteiger partial charge in [0.1, 0.15) is 17.0 Å². The summed E-state index contributed by atoms with van der Waals surface area (Å²) in [5.74, 6) is 0.840. The molecule has 1 amide bonds. The van der Waals surface area contributed by atoms with Crippen LogP contribution in [0.2, 0.25) is 0 Å². The number of aryl methyl sites for hydroxylation is 1. The van der Waals surface area contributed by atoms with E-state index in [1.165, 1.54) is 10.4 Å². The zero-order valence-electron chi connectivity index (χ0n) is 13.6. The van der Waals surface area contributed by atoms with E-state index in [4.69, 9.17) is 0 Å². The lowest BCUT2D eigenvalue weighted by Crippen LogP contribution is -2.27. The third-order valence-corrected chi connectivity index (χ3v) is 4.63. The van der Waals surface area contributed by atoms with Crippen molar-refractivity contribution in [1.29, 1.82) is 0 Å². The molecule has 0 saturated heterocycles. The van der Waals surface area contributed by atoms with E-state index in [0.29, 0.717) is 19.5 Å². The first-order chi connectivity index (χ1) is 11.7. The van der Waals surface area contributed by atoms with Crippen molar-refractivity contribution in [3.05, 3.63) is 53.2 Å². The monoisotopic (exact) mass is 340 g/mol. The molecule has 0 atom stereocenters. The first kappa shape index (κ1) is 16.4. The predicted octanol–water partition coefficient (Wildman–Crippen LogP) is 3.16.